The molecular formula is C16H11ClO5. The Labute approximate surface area is 130 Å². The summed E-state index contributed by atoms with van der Waals surface area (Å²) < 4.78 is 0. The van der Waals surface area contributed by atoms with Crippen LogP contribution in [0.5, 0.6) is 11.5 Å². The summed E-state index contributed by atoms with van der Waals surface area (Å²) in [5, 5.41) is 28.3. The fourth-order valence-corrected chi connectivity index (χ4v) is 1.97. The number of aromatic hydroxyl groups is 2. The van der Waals surface area contributed by atoms with E-state index in [-0.39, 0.29) is 22.6 Å². The molecule has 0 saturated carbocycles. The van der Waals surface area contributed by atoms with Crippen LogP contribution >= 0.6 is 11.6 Å². The molecule has 0 spiro atoms. The lowest BCUT2D eigenvalue weighted by molar-refractivity contribution is 0.0693. The first kappa shape index (κ1) is 15.6. The number of phenols is 2. The first-order valence-electron chi connectivity index (χ1n) is 6.15. The Balaban J connectivity index is 2.28. The number of hydrogen-bond donors (Lipinski definition) is 3. The third-order valence-electron chi connectivity index (χ3n) is 2.90. The van der Waals surface area contributed by atoms with Crippen LogP contribution < -0.4 is 0 Å². The van der Waals surface area contributed by atoms with Crippen LogP contribution in [0.4, 0.5) is 0 Å². The molecule has 0 saturated heterocycles. The van der Waals surface area contributed by atoms with Crippen molar-refractivity contribution in [3.8, 4) is 11.5 Å². The number of allylic oxidation sites excluding steroid dienone is 1. The molecule has 0 radical (unpaired) electrons. The van der Waals surface area contributed by atoms with Gasteiger partial charge in [0.15, 0.2) is 5.78 Å². The highest BCUT2D eigenvalue weighted by Gasteiger charge is 2.11. The van der Waals surface area contributed by atoms with E-state index in [9.17, 15) is 19.8 Å². The van der Waals surface area contributed by atoms with Crippen LogP contribution in [-0.2, 0) is 0 Å². The average Bonchev–Trinajstić information content (AvgIpc) is 2.48. The zero-order valence-corrected chi connectivity index (χ0v) is 11.9. The van der Waals surface area contributed by atoms with Gasteiger partial charge in [0.25, 0.3) is 0 Å². The first-order valence-corrected chi connectivity index (χ1v) is 6.53. The molecule has 0 fully saturated rings. The molecule has 0 aliphatic heterocycles. The summed E-state index contributed by atoms with van der Waals surface area (Å²) in [5.41, 5.74) is 0.200. The molecular weight excluding hydrogens is 308 g/mol. The lowest BCUT2D eigenvalue weighted by Crippen LogP contribution is -1.97. The molecule has 0 aliphatic carbocycles. The Kier molecular flexibility index (Phi) is 4.48. The lowest BCUT2D eigenvalue weighted by atomic mass is 10.1. The van der Waals surface area contributed by atoms with E-state index in [0.717, 1.165) is 0 Å². The largest absolute Gasteiger partial charge is 0.507 e. The predicted molar refractivity (Wildman–Crippen MR) is 81.5 cm³/mol. The van der Waals surface area contributed by atoms with Gasteiger partial charge in [-0.1, -0.05) is 23.7 Å². The number of carboxylic acid groups (broad SMARTS) is 1. The minimum absolute atomic E-state index is 0.0426. The highest BCUT2D eigenvalue weighted by Crippen LogP contribution is 2.23. The summed E-state index contributed by atoms with van der Waals surface area (Å²) in [4.78, 5) is 22.9. The maximum absolute atomic E-state index is 12.0. The number of phenolic OH excluding ortho intramolecular Hbond substituents is 1. The quantitative estimate of drug-likeness (QED) is 0.593. The SMILES string of the molecule is O=C(O)c1cc(/C=C\C(=O)c2cc(Cl)ccc2O)ccc1O. The number of carbonyl (C=O) groups excluding carboxylic acids is 1. The molecule has 3 N–H and O–H groups in total. The van der Waals surface area contributed by atoms with Gasteiger partial charge in [-0.3, -0.25) is 4.79 Å². The second kappa shape index (κ2) is 6.32. The third-order valence-corrected chi connectivity index (χ3v) is 3.14. The number of aromatic carboxylic acids is 1. The van der Waals surface area contributed by atoms with Crippen LogP contribution in [0, 0.1) is 0 Å². The van der Waals surface area contributed by atoms with Crippen molar-refractivity contribution in [3.05, 3.63) is 64.2 Å². The fraction of sp³-hybridized carbons (Fsp3) is 0. The normalized spacial score (nSPS) is 10.8. The van der Waals surface area contributed by atoms with Crippen LogP contribution in [0.1, 0.15) is 26.3 Å². The number of hydrogen-bond acceptors (Lipinski definition) is 4. The van der Waals surface area contributed by atoms with Crippen LogP contribution in [0.3, 0.4) is 0 Å². The predicted octanol–water partition coefficient (Wildman–Crippen LogP) is 3.35. The van der Waals surface area contributed by atoms with Gasteiger partial charge in [0.2, 0.25) is 0 Å². The molecule has 2 aromatic rings. The van der Waals surface area contributed by atoms with E-state index >= 15 is 0 Å². The highest BCUT2D eigenvalue weighted by atomic mass is 35.5. The molecule has 5 nitrogen and oxygen atoms in total. The zero-order valence-electron chi connectivity index (χ0n) is 11.2. The van der Waals surface area contributed by atoms with Gasteiger partial charge in [0, 0.05) is 5.02 Å². The molecule has 0 unspecified atom stereocenters. The number of rotatable bonds is 4. The van der Waals surface area contributed by atoms with Crippen molar-refractivity contribution in [2.45, 2.75) is 0 Å². The number of carbonyl (C=O) groups is 2. The number of ketones is 1. The van der Waals surface area contributed by atoms with E-state index in [4.69, 9.17) is 16.7 Å². The van der Waals surface area contributed by atoms with E-state index in [1.54, 1.807) is 0 Å². The van der Waals surface area contributed by atoms with Crippen molar-refractivity contribution < 1.29 is 24.9 Å². The van der Waals surface area contributed by atoms with Gasteiger partial charge in [-0.2, -0.15) is 0 Å². The van der Waals surface area contributed by atoms with Gasteiger partial charge in [-0.25, -0.2) is 4.79 Å². The Morgan fingerprint density at radius 2 is 1.59 bits per heavy atom. The van der Waals surface area contributed by atoms with Crippen LogP contribution in [0.2, 0.25) is 5.02 Å². The Morgan fingerprint density at radius 1 is 0.955 bits per heavy atom. The minimum Gasteiger partial charge on any atom is -0.507 e. The monoisotopic (exact) mass is 318 g/mol. The average molecular weight is 319 g/mol. The number of benzene rings is 2. The summed E-state index contributed by atoms with van der Waals surface area (Å²) in [5.74, 6) is -2.31. The van der Waals surface area contributed by atoms with Crippen molar-refractivity contribution in [1.29, 1.82) is 0 Å². The summed E-state index contributed by atoms with van der Waals surface area (Å²) in [6.07, 6.45) is 2.57. The molecule has 112 valence electrons. The Hall–Kier alpha value is -2.79. The van der Waals surface area contributed by atoms with E-state index < -0.39 is 11.8 Å². The second-order valence-electron chi connectivity index (χ2n) is 4.44. The summed E-state index contributed by atoms with van der Waals surface area (Å²) in [6, 6.07) is 8.03. The maximum Gasteiger partial charge on any atom is 0.339 e. The van der Waals surface area contributed by atoms with Gasteiger partial charge >= 0.3 is 5.97 Å². The molecule has 2 aromatic carbocycles. The third kappa shape index (κ3) is 3.45. The van der Waals surface area contributed by atoms with E-state index in [0.29, 0.717) is 10.6 Å². The summed E-state index contributed by atoms with van der Waals surface area (Å²) in [6.45, 7) is 0. The Bertz CT molecular complexity index is 780. The first-order chi connectivity index (χ1) is 10.4. The summed E-state index contributed by atoms with van der Waals surface area (Å²) in [7, 11) is 0. The molecule has 0 heterocycles. The van der Waals surface area contributed by atoms with Crippen molar-refractivity contribution in [2.24, 2.45) is 0 Å². The highest BCUT2D eigenvalue weighted by molar-refractivity contribution is 6.31. The minimum atomic E-state index is -1.27. The molecule has 0 aromatic heterocycles. The van der Waals surface area contributed by atoms with Crippen LogP contribution in [-0.4, -0.2) is 27.1 Å². The zero-order chi connectivity index (χ0) is 16.3. The van der Waals surface area contributed by atoms with Gasteiger partial charge in [0.05, 0.1) is 5.56 Å². The van der Waals surface area contributed by atoms with E-state index in [2.05, 4.69) is 0 Å². The molecule has 0 bridgehead atoms. The fourth-order valence-electron chi connectivity index (χ4n) is 1.80. The van der Waals surface area contributed by atoms with Gasteiger partial charge < -0.3 is 15.3 Å². The van der Waals surface area contributed by atoms with Gasteiger partial charge in [-0.05, 0) is 42.0 Å². The molecule has 2 rings (SSSR count). The topological polar surface area (TPSA) is 94.8 Å². The molecule has 0 amide bonds. The second-order valence-corrected chi connectivity index (χ2v) is 4.88. The smallest absolute Gasteiger partial charge is 0.339 e. The summed E-state index contributed by atoms with van der Waals surface area (Å²) >= 11 is 5.77. The number of halogens is 1. The van der Waals surface area contributed by atoms with Crippen LogP contribution in [0.15, 0.2) is 42.5 Å². The van der Waals surface area contributed by atoms with Gasteiger partial charge in [-0.15, -0.1) is 0 Å². The molecule has 0 aliphatic rings. The maximum atomic E-state index is 12.0. The molecule has 22 heavy (non-hydrogen) atoms. The molecule has 0 atom stereocenters. The lowest BCUT2D eigenvalue weighted by Gasteiger charge is -2.02. The molecule has 6 heteroatoms. The van der Waals surface area contributed by atoms with E-state index in [1.165, 1.54) is 48.6 Å². The van der Waals surface area contributed by atoms with Crippen molar-refractivity contribution in [3.63, 3.8) is 0 Å². The standard InChI is InChI=1S/C16H11ClO5/c17-10-3-6-14(19)11(8-10)13(18)4-1-9-2-5-15(20)12(7-9)16(21)22/h1-8,19-20H,(H,21,22)/b4-1-. The van der Waals surface area contributed by atoms with Crippen LogP contribution in [0.25, 0.3) is 6.08 Å². The van der Waals surface area contributed by atoms with Crippen molar-refractivity contribution in [1.82, 2.24) is 0 Å². The van der Waals surface area contributed by atoms with Gasteiger partial charge in [0.1, 0.15) is 17.1 Å². The van der Waals surface area contributed by atoms with E-state index in [1.807, 2.05) is 0 Å². The van der Waals surface area contributed by atoms with Crippen molar-refractivity contribution in [2.75, 3.05) is 0 Å². The number of carboxylic acids is 1. The Morgan fingerprint density at radius 3 is 2.27 bits per heavy atom. The van der Waals surface area contributed by atoms with Crippen molar-refractivity contribution >= 4 is 29.4 Å².